The smallest absolute Gasteiger partial charge is 0.116 e. The predicted octanol–water partition coefficient (Wildman–Crippen LogP) is 6.25. The van der Waals surface area contributed by atoms with Gasteiger partial charge in [0.1, 0.15) is 25.4 Å². The Hall–Kier alpha value is -1.52. The van der Waals surface area contributed by atoms with E-state index in [4.69, 9.17) is 18.9 Å². The number of ether oxygens (including phenoxy) is 4. The monoisotopic (exact) mass is 428 g/mol. The number of rotatable bonds is 7. The van der Waals surface area contributed by atoms with E-state index in [1.54, 1.807) is 0 Å². The first-order chi connectivity index (χ1) is 15.0. The summed E-state index contributed by atoms with van der Waals surface area (Å²) in [6.07, 6.45) is 19.2. The van der Waals surface area contributed by atoms with E-state index in [0.717, 1.165) is 56.3 Å². The zero-order valence-electron chi connectivity index (χ0n) is 19.7. The fourth-order valence-corrected chi connectivity index (χ4v) is 4.82. The van der Waals surface area contributed by atoms with Gasteiger partial charge < -0.3 is 18.9 Å². The van der Waals surface area contributed by atoms with Crippen molar-refractivity contribution in [2.45, 2.75) is 84.3 Å². The molecule has 0 aromatic rings. The van der Waals surface area contributed by atoms with Crippen molar-refractivity contribution in [2.24, 2.45) is 11.3 Å². The van der Waals surface area contributed by atoms with Gasteiger partial charge in [0.2, 0.25) is 0 Å². The molecule has 0 amide bonds. The Labute approximate surface area is 188 Å². The summed E-state index contributed by atoms with van der Waals surface area (Å²) in [6, 6.07) is 0. The highest BCUT2D eigenvalue weighted by Gasteiger charge is 2.26. The van der Waals surface area contributed by atoms with E-state index in [0.29, 0.717) is 30.8 Å². The molecule has 3 unspecified atom stereocenters. The summed E-state index contributed by atoms with van der Waals surface area (Å²) in [4.78, 5) is 0. The van der Waals surface area contributed by atoms with Crippen LogP contribution in [-0.2, 0) is 18.9 Å². The summed E-state index contributed by atoms with van der Waals surface area (Å²) in [7, 11) is 0. The fourth-order valence-electron chi connectivity index (χ4n) is 4.82. The lowest BCUT2D eigenvalue weighted by atomic mass is 9.73. The molecular formula is C27H40O4. The van der Waals surface area contributed by atoms with Crippen molar-refractivity contribution < 1.29 is 18.9 Å². The van der Waals surface area contributed by atoms with Crippen molar-refractivity contribution in [1.82, 2.24) is 0 Å². The first-order valence-electron chi connectivity index (χ1n) is 12.3. The molecule has 0 radical (unpaired) electrons. The summed E-state index contributed by atoms with van der Waals surface area (Å²) >= 11 is 0. The third-order valence-electron chi connectivity index (χ3n) is 6.80. The van der Waals surface area contributed by atoms with Gasteiger partial charge in [0.05, 0.1) is 24.7 Å². The Kier molecular flexibility index (Phi) is 7.60. The molecule has 0 aromatic carbocycles. The third kappa shape index (κ3) is 7.84. The van der Waals surface area contributed by atoms with Gasteiger partial charge in [0.25, 0.3) is 0 Å². The van der Waals surface area contributed by atoms with Gasteiger partial charge in [-0.1, -0.05) is 45.8 Å². The maximum atomic E-state index is 5.75. The van der Waals surface area contributed by atoms with Crippen molar-refractivity contribution in [3.05, 3.63) is 47.0 Å². The second-order valence-electron chi connectivity index (χ2n) is 10.5. The minimum absolute atomic E-state index is 0.330. The summed E-state index contributed by atoms with van der Waals surface area (Å²) in [5.41, 5.74) is 3.50. The molecule has 2 saturated heterocycles. The number of allylic oxidation sites excluding steroid dienone is 8. The van der Waals surface area contributed by atoms with Crippen molar-refractivity contribution in [3.63, 3.8) is 0 Å². The Morgan fingerprint density at radius 2 is 1.35 bits per heavy atom. The first kappa shape index (κ1) is 22.7. The molecule has 172 valence electrons. The molecule has 0 spiro atoms. The van der Waals surface area contributed by atoms with Crippen LogP contribution in [0.3, 0.4) is 0 Å². The molecule has 3 aliphatic carbocycles. The molecule has 0 bridgehead atoms. The van der Waals surface area contributed by atoms with Gasteiger partial charge in [0, 0.05) is 12.8 Å². The summed E-state index contributed by atoms with van der Waals surface area (Å²) in [5.74, 6) is 3.15. The fraction of sp³-hybridized carbons (Fsp3) is 0.704. The van der Waals surface area contributed by atoms with Crippen LogP contribution >= 0.6 is 0 Å². The van der Waals surface area contributed by atoms with Gasteiger partial charge in [-0.2, -0.15) is 0 Å². The number of hydrogen-bond acceptors (Lipinski definition) is 4. The SMILES string of the molecule is C1=C(OCC2CO2)CCC(C2=CC=C(OCC3CO3)CC2)=C1.CC1CCCC(C)(C)C1. The standard InChI is InChI=1S/C18H22O4.C9H18/c1-5-15(19-9-17-11-21-17)6-2-13(1)14-3-7-16(8-4-14)20-10-18-12-22-18;1-8-5-4-6-9(2,3)7-8/h1,3,5,7,17-18H,2,4,6,8-12H2;8H,4-7H2,1-3H3. The summed E-state index contributed by atoms with van der Waals surface area (Å²) in [5, 5.41) is 0. The van der Waals surface area contributed by atoms with Gasteiger partial charge in [-0.15, -0.1) is 0 Å². The molecular weight excluding hydrogens is 388 g/mol. The van der Waals surface area contributed by atoms with Crippen LogP contribution in [0.25, 0.3) is 0 Å². The molecule has 5 aliphatic rings. The lowest BCUT2D eigenvalue weighted by molar-refractivity contribution is 0.173. The molecule has 31 heavy (non-hydrogen) atoms. The highest BCUT2D eigenvalue weighted by atomic mass is 16.6. The summed E-state index contributed by atoms with van der Waals surface area (Å²) in [6.45, 7) is 10.3. The number of hydrogen-bond donors (Lipinski definition) is 0. The van der Waals surface area contributed by atoms with Crippen LogP contribution < -0.4 is 0 Å². The molecule has 4 heteroatoms. The molecule has 3 fully saturated rings. The minimum atomic E-state index is 0.330. The lowest BCUT2D eigenvalue weighted by Gasteiger charge is -2.33. The van der Waals surface area contributed by atoms with Crippen LogP contribution in [-0.4, -0.2) is 38.6 Å². The zero-order valence-corrected chi connectivity index (χ0v) is 19.7. The molecule has 1 saturated carbocycles. The van der Waals surface area contributed by atoms with E-state index in [1.807, 2.05) is 0 Å². The lowest BCUT2D eigenvalue weighted by Crippen LogP contribution is -2.20. The van der Waals surface area contributed by atoms with Gasteiger partial charge in [-0.05, 0) is 60.3 Å². The molecule has 2 heterocycles. The maximum Gasteiger partial charge on any atom is 0.116 e. The van der Waals surface area contributed by atoms with E-state index in [2.05, 4.69) is 45.1 Å². The normalized spacial score (nSPS) is 31.1. The van der Waals surface area contributed by atoms with Crippen LogP contribution in [0.2, 0.25) is 0 Å². The van der Waals surface area contributed by atoms with E-state index in [9.17, 15) is 0 Å². The topological polar surface area (TPSA) is 43.5 Å². The quantitative estimate of drug-likeness (QED) is 0.450. The van der Waals surface area contributed by atoms with Crippen LogP contribution in [0.4, 0.5) is 0 Å². The van der Waals surface area contributed by atoms with Gasteiger partial charge in [-0.3, -0.25) is 0 Å². The average molecular weight is 429 g/mol. The summed E-state index contributed by atoms with van der Waals surface area (Å²) < 4.78 is 21.8. The first-order valence-corrected chi connectivity index (χ1v) is 12.3. The van der Waals surface area contributed by atoms with Crippen molar-refractivity contribution in [3.8, 4) is 0 Å². The van der Waals surface area contributed by atoms with Crippen LogP contribution in [0.5, 0.6) is 0 Å². The predicted molar refractivity (Wildman–Crippen MR) is 124 cm³/mol. The number of epoxide rings is 2. The minimum Gasteiger partial charge on any atom is -0.495 e. The molecule has 3 atom stereocenters. The van der Waals surface area contributed by atoms with Gasteiger partial charge >= 0.3 is 0 Å². The molecule has 5 rings (SSSR count). The Bertz CT molecular complexity index is 684. The van der Waals surface area contributed by atoms with Crippen LogP contribution in [0, 0.1) is 11.3 Å². The van der Waals surface area contributed by atoms with E-state index >= 15 is 0 Å². The van der Waals surface area contributed by atoms with Crippen molar-refractivity contribution in [2.75, 3.05) is 26.4 Å². The van der Waals surface area contributed by atoms with Crippen molar-refractivity contribution in [1.29, 1.82) is 0 Å². The van der Waals surface area contributed by atoms with E-state index < -0.39 is 0 Å². The highest BCUT2D eigenvalue weighted by Crippen LogP contribution is 2.38. The Morgan fingerprint density at radius 1 is 0.839 bits per heavy atom. The van der Waals surface area contributed by atoms with Gasteiger partial charge in [-0.25, -0.2) is 0 Å². The second kappa shape index (κ2) is 10.4. The van der Waals surface area contributed by atoms with Crippen LogP contribution in [0.1, 0.15) is 72.1 Å². The molecule has 2 aliphatic heterocycles. The maximum absolute atomic E-state index is 5.75. The van der Waals surface area contributed by atoms with E-state index in [1.165, 1.54) is 36.8 Å². The largest absolute Gasteiger partial charge is 0.495 e. The Balaban J connectivity index is 0.000000217. The van der Waals surface area contributed by atoms with Crippen LogP contribution in [0.15, 0.2) is 47.0 Å². The average Bonchev–Trinajstić information content (AvgIpc) is 3.67. The highest BCUT2D eigenvalue weighted by molar-refractivity contribution is 5.41. The Morgan fingerprint density at radius 3 is 1.68 bits per heavy atom. The van der Waals surface area contributed by atoms with Crippen molar-refractivity contribution >= 4 is 0 Å². The molecule has 0 N–H and O–H groups in total. The molecule has 4 nitrogen and oxygen atoms in total. The third-order valence-corrected chi connectivity index (χ3v) is 6.80. The van der Waals surface area contributed by atoms with E-state index in [-0.39, 0.29) is 0 Å². The van der Waals surface area contributed by atoms with Gasteiger partial charge in [0.15, 0.2) is 0 Å². The second-order valence-corrected chi connectivity index (χ2v) is 10.5. The molecule has 0 aromatic heterocycles. The zero-order chi connectivity index (χ0) is 21.7.